The summed E-state index contributed by atoms with van der Waals surface area (Å²) in [4.78, 5) is 24.5. The van der Waals surface area contributed by atoms with Crippen molar-refractivity contribution in [3.05, 3.63) is 53.9 Å². The summed E-state index contributed by atoms with van der Waals surface area (Å²) in [5.41, 5.74) is 2.00. The summed E-state index contributed by atoms with van der Waals surface area (Å²) in [6.45, 7) is 2.99. The number of alkyl halides is 2. The highest BCUT2D eigenvalue weighted by Crippen LogP contribution is 2.74. The van der Waals surface area contributed by atoms with Crippen molar-refractivity contribution in [2.75, 3.05) is 23.3 Å². The first-order valence-corrected chi connectivity index (χ1v) is 13.5. The lowest BCUT2D eigenvalue weighted by atomic mass is 9.55. The van der Waals surface area contributed by atoms with E-state index in [0.717, 1.165) is 12.1 Å². The third kappa shape index (κ3) is 3.58. The number of amides is 1. The van der Waals surface area contributed by atoms with Crippen molar-refractivity contribution in [2.45, 2.75) is 57.0 Å². The standard InChI is InChI=1S/C28H27F2N7O3/c1-15-20(6-16(9-31-15)22-34-24(40-35-22)19-8-27(19)3-4-27)33-23(38)18-10-32-37-5-2-17(7-21(18)37)36-13-26(14-36)11-28(39,12-26)25(29)30/h2,5-7,9-10,19,25,39H,3-4,8,11-14H2,1H3,(H,33,38)/t19-/m1/s1. The first kappa shape index (κ1) is 23.9. The second kappa shape index (κ2) is 7.84. The van der Waals surface area contributed by atoms with Gasteiger partial charge in [-0.2, -0.15) is 10.1 Å². The monoisotopic (exact) mass is 547 g/mol. The number of fused-ring (bicyclic) bond motifs is 1. The second-order valence-electron chi connectivity index (χ2n) is 12.3. The zero-order valence-electron chi connectivity index (χ0n) is 21.8. The summed E-state index contributed by atoms with van der Waals surface area (Å²) in [7, 11) is 0. The minimum atomic E-state index is -2.72. The Morgan fingerprint density at radius 3 is 2.75 bits per heavy atom. The molecule has 3 saturated carbocycles. The van der Waals surface area contributed by atoms with E-state index in [0.29, 0.717) is 64.2 Å². The van der Waals surface area contributed by atoms with Gasteiger partial charge in [-0.1, -0.05) is 5.16 Å². The molecule has 3 aliphatic carbocycles. The molecular formula is C28H27F2N7O3. The van der Waals surface area contributed by atoms with Crippen LogP contribution in [0.5, 0.6) is 0 Å². The van der Waals surface area contributed by atoms with Gasteiger partial charge < -0.3 is 19.8 Å². The fourth-order valence-electron chi connectivity index (χ4n) is 6.79. The molecule has 1 aliphatic heterocycles. The molecule has 5 heterocycles. The van der Waals surface area contributed by atoms with Crippen LogP contribution in [-0.2, 0) is 0 Å². The number of hydrogen-bond donors (Lipinski definition) is 2. The molecule has 4 fully saturated rings. The molecule has 0 aromatic carbocycles. The number of pyridine rings is 2. The van der Waals surface area contributed by atoms with Crippen molar-refractivity contribution < 1.29 is 23.2 Å². The van der Waals surface area contributed by atoms with Crippen LogP contribution in [-0.4, -0.2) is 60.9 Å². The number of nitrogens with zero attached hydrogens (tertiary/aromatic N) is 6. The van der Waals surface area contributed by atoms with E-state index in [1.807, 2.05) is 19.1 Å². The Labute approximate surface area is 227 Å². The molecule has 4 aromatic heterocycles. The van der Waals surface area contributed by atoms with Crippen LogP contribution in [0, 0.1) is 17.8 Å². The van der Waals surface area contributed by atoms with Crippen LogP contribution in [0.25, 0.3) is 16.9 Å². The fourth-order valence-corrected chi connectivity index (χ4v) is 6.79. The van der Waals surface area contributed by atoms with E-state index in [4.69, 9.17) is 4.52 Å². The van der Waals surface area contributed by atoms with Crippen LogP contribution >= 0.6 is 0 Å². The summed E-state index contributed by atoms with van der Waals surface area (Å²) in [6, 6.07) is 5.56. The van der Waals surface area contributed by atoms with Gasteiger partial charge in [0.1, 0.15) is 5.60 Å². The molecule has 12 heteroatoms. The lowest BCUT2D eigenvalue weighted by Crippen LogP contribution is -2.70. The Balaban J connectivity index is 0.995. The fraction of sp³-hybridized carbons (Fsp3) is 0.464. The average molecular weight is 548 g/mol. The Bertz CT molecular complexity index is 1680. The highest BCUT2D eigenvalue weighted by Gasteiger charge is 2.65. The minimum Gasteiger partial charge on any atom is -0.384 e. The molecular weight excluding hydrogens is 520 g/mol. The number of hydrogen-bond acceptors (Lipinski definition) is 8. The molecule has 206 valence electrons. The minimum absolute atomic E-state index is 0.107. The molecule has 1 atom stereocenters. The summed E-state index contributed by atoms with van der Waals surface area (Å²) in [5.74, 6) is 1.16. The number of halogens is 2. The van der Waals surface area contributed by atoms with Crippen LogP contribution in [0.15, 0.2) is 41.3 Å². The average Bonchev–Trinajstić information content (AvgIpc) is 3.69. The Hall–Kier alpha value is -3.93. The molecule has 1 saturated heterocycles. The third-order valence-corrected chi connectivity index (χ3v) is 9.35. The van der Waals surface area contributed by atoms with E-state index in [2.05, 4.69) is 30.4 Å². The van der Waals surface area contributed by atoms with Gasteiger partial charge in [-0.15, -0.1) is 0 Å². The smallest absolute Gasteiger partial charge is 0.266 e. The van der Waals surface area contributed by atoms with Crippen molar-refractivity contribution >= 4 is 22.8 Å². The number of rotatable bonds is 6. The van der Waals surface area contributed by atoms with Gasteiger partial charge in [-0.25, -0.2) is 13.3 Å². The number of nitrogens with one attached hydrogen (secondary N) is 1. The Morgan fingerprint density at radius 2 is 2.02 bits per heavy atom. The van der Waals surface area contributed by atoms with Crippen LogP contribution in [0.2, 0.25) is 0 Å². The van der Waals surface area contributed by atoms with Gasteiger partial charge in [0, 0.05) is 48.1 Å². The van der Waals surface area contributed by atoms with E-state index < -0.39 is 12.0 Å². The van der Waals surface area contributed by atoms with Crippen LogP contribution in [0.4, 0.5) is 20.2 Å². The highest BCUT2D eigenvalue weighted by atomic mass is 19.3. The molecule has 10 nitrogen and oxygen atoms in total. The van der Waals surface area contributed by atoms with Gasteiger partial charge in [0.05, 0.1) is 28.7 Å². The zero-order chi connectivity index (χ0) is 27.4. The topological polar surface area (TPSA) is 122 Å². The predicted molar refractivity (Wildman–Crippen MR) is 139 cm³/mol. The maximum Gasteiger partial charge on any atom is 0.266 e. The van der Waals surface area contributed by atoms with Gasteiger partial charge in [0.2, 0.25) is 11.7 Å². The predicted octanol–water partition coefficient (Wildman–Crippen LogP) is 4.20. The normalized spacial score (nSPS) is 22.9. The van der Waals surface area contributed by atoms with Gasteiger partial charge in [-0.05, 0) is 62.6 Å². The number of anilines is 2. The van der Waals surface area contributed by atoms with E-state index in [1.165, 1.54) is 19.0 Å². The molecule has 4 aromatic rings. The number of carbonyl (C=O) groups is 1. The van der Waals surface area contributed by atoms with Gasteiger partial charge in [-0.3, -0.25) is 9.78 Å². The van der Waals surface area contributed by atoms with Gasteiger partial charge in [0.15, 0.2) is 0 Å². The van der Waals surface area contributed by atoms with Crippen molar-refractivity contribution in [2.24, 2.45) is 10.8 Å². The van der Waals surface area contributed by atoms with E-state index in [1.54, 1.807) is 23.0 Å². The first-order chi connectivity index (χ1) is 19.2. The molecule has 40 heavy (non-hydrogen) atoms. The molecule has 2 spiro atoms. The number of aliphatic hydroxyl groups is 1. The Morgan fingerprint density at radius 1 is 1.23 bits per heavy atom. The van der Waals surface area contributed by atoms with Crippen LogP contribution in [0.3, 0.4) is 0 Å². The van der Waals surface area contributed by atoms with E-state index in [9.17, 15) is 18.7 Å². The third-order valence-electron chi connectivity index (χ3n) is 9.35. The SMILES string of the molecule is Cc1ncc(-c2noc([C@H]3CC34CC4)n2)cc1NC(=O)c1cnn2ccc(N3CC4(C3)CC(O)(C(F)F)C4)cc12. The lowest BCUT2D eigenvalue weighted by molar-refractivity contribution is -0.209. The summed E-state index contributed by atoms with van der Waals surface area (Å²) >= 11 is 0. The van der Waals surface area contributed by atoms with Crippen molar-refractivity contribution in [1.82, 2.24) is 24.7 Å². The summed E-state index contributed by atoms with van der Waals surface area (Å²) in [5, 5.41) is 21.4. The molecule has 4 aliphatic rings. The van der Waals surface area contributed by atoms with Gasteiger partial charge in [0.25, 0.3) is 12.3 Å². The Kier molecular flexibility index (Phi) is 4.69. The van der Waals surface area contributed by atoms with Crippen molar-refractivity contribution in [1.29, 1.82) is 0 Å². The number of aromatic nitrogens is 5. The molecule has 0 radical (unpaired) electrons. The zero-order valence-corrected chi connectivity index (χ0v) is 21.8. The van der Waals surface area contributed by atoms with E-state index >= 15 is 0 Å². The second-order valence-corrected chi connectivity index (χ2v) is 12.3. The van der Waals surface area contributed by atoms with Crippen molar-refractivity contribution in [3.8, 4) is 11.4 Å². The number of aryl methyl sites for hydroxylation is 1. The largest absolute Gasteiger partial charge is 0.384 e. The van der Waals surface area contributed by atoms with Crippen molar-refractivity contribution in [3.63, 3.8) is 0 Å². The van der Waals surface area contributed by atoms with Crippen LogP contribution < -0.4 is 10.2 Å². The van der Waals surface area contributed by atoms with E-state index in [-0.39, 0.29) is 24.2 Å². The first-order valence-electron chi connectivity index (χ1n) is 13.5. The molecule has 2 N–H and O–H groups in total. The molecule has 0 bridgehead atoms. The summed E-state index contributed by atoms with van der Waals surface area (Å²) < 4.78 is 33.3. The molecule has 8 rings (SSSR count). The number of carbonyl (C=O) groups excluding carboxylic acids is 1. The highest BCUT2D eigenvalue weighted by molar-refractivity contribution is 6.09. The molecule has 0 unspecified atom stereocenters. The van der Waals surface area contributed by atoms with Crippen LogP contribution in [0.1, 0.15) is 60.0 Å². The maximum absolute atomic E-state index is 13.4. The lowest BCUT2D eigenvalue weighted by Gasteiger charge is -2.62. The quantitative estimate of drug-likeness (QED) is 0.368. The maximum atomic E-state index is 13.4. The summed E-state index contributed by atoms with van der Waals surface area (Å²) in [6.07, 6.45) is 6.02. The van der Waals surface area contributed by atoms with Gasteiger partial charge >= 0.3 is 0 Å². The molecule has 1 amide bonds.